The van der Waals surface area contributed by atoms with Crippen LogP contribution in [0.1, 0.15) is 6.42 Å². The Bertz CT molecular complexity index is 340. The highest BCUT2D eigenvalue weighted by Gasteiger charge is 2.43. The Kier molecular flexibility index (Phi) is 2.57. The van der Waals surface area contributed by atoms with Crippen LogP contribution in [0.4, 0.5) is 13.2 Å². The van der Waals surface area contributed by atoms with Gasteiger partial charge in [-0.1, -0.05) is 0 Å². The highest BCUT2D eigenvalue weighted by molar-refractivity contribution is 5.77. The number of halogens is 3. The molecular weight excluding hydrogens is 225 g/mol. The minimum Gasteiger partial charge on any atom is -0.464 e. The maximum absolute atomic E-state index is 12.5. The van der Waals surface area contributed by atoms with E-state index < -0.39 is 23.8 Å². The lowest BCUT2D eigenvalue weighted by Gasteiger charge is -2.28. The molecule has 90 valence electrons. The molecule has 7 heteroatoms. The number of esters is 1. The number of hydrazine groups is 1. The summed E-state index contributed by atoms with van der Waals surface area (Å²) in [6.45, 7) is 0.0380. The molecule has 0 aliphatic carbocycles. The molecule has 2 rings (SSSR count). The Morgan fingerprint density at radius 3 is 2.62 bits per heavy atom. The zero-order valence-electron chi connectivity index (χ0n) is 8.62. The van der Waals surface area contributed by atoms with Gasteiger partial charge < -0.3 is 4.74 Å². The highest BCUT2D eigenvalue weighted by atomic mass is 19.4. The fourth-order valence-electron chi connectivity index (χ4n) is 1.84. The van der Waals surface area contributed by atoms with E-state index in [1.165, 1.54) is 17.1 Å². The van der Waals surface area contributed by atoms with Crippen molar-refractivity contribution in [3.63, 3.8) is 0 Å². The zero-order valence-corrected chi connectivity index (χ0v) is 8.62. The Morgan fingerprint density at radius 2 is 2.19 bits per heavy atom. The van der Waals surface area contributed by atoms with Crippen LogP contribution < -0.4 is 0 Å². The van der Waals surface area contributed by atoms with Crippen LogP contribution in [-0.4, -0.2) is 48.4 Å². The third kappa shape index (κ3) is 1.87. The van der Waals surface area contributed by atoms with Crippen molar-refractivity contribution in [2.24, 2.45) is 0 Å². The minimum atomic E-state index is -4.34. The molecule has 1 unspecified atom stereocenters. The quantitative estimate of drug-likeness (QED) is 0.633. The molecule has 0 amide bonds. The van der Waals surface area contributed by atoms with Gasteiger partial charge in [-0.15, -0.1) is 0 Å². The molecule has 1 atom stereocenters. The predicted octanol–water partition coefficient (Wildman–Crippen LogP) is 0.911. The summed E-state index contributed by atoms with van der Waals surface area (Å²) in [7, 11) is 1.51. The molecular formula is C9H11F3N2O2. The number of alkyl halides is 3. The third-order valence-electron chi connectivity index (χ3n) is 2.67. The fourth-order valence-corrected chi connectivity index (χ4v) is 1.84. The first-order valence-corrected chi connectivity index (χ1v) is 4.83. The lowest BCUT2D eigenvalue weighted by atomic mass is 10.2. The van der Waals surface area contributed by atoms with Crippen LogP contribution in [0, 0.1) is 0 Å². The molecule has 0 N–H and O–H groups in total. The number of rotatable bonds is 1. The summed E-state index contributed by atoms with van der Waals surface area (Å²) in [5.74, 6) is -0.466. The first kappa shape index (κ1) is 11.3. The van der Waals surface area contributed by atoms with Crippen LogP contribution in [-0.2, 0) is 9.53 Å². The smallest absolute Gasteiger partial charge is 0.415 e. The molecule has 0 aromatic rings. The summed E-state index contributed by atoms with van der Waals surface area (Å²) in [4.78, 5) is 11.3. The second-order valence-corrected chi connectivity index (χ2v) is 3.82. The summed E-state index contributed by atoms with van der Waals surface area (Å²) in [5, 5.41) is 2.68. The van der Waals surface area contributed by atoms with Crippen molar-refractivity contribution >= 4 is 5.97 Å². The molecule has 2 aliphatic rings. The van der Waals surface area contributed by atoms with E-state index >= 15 is 0 Å². The summed E-state index contributed by atoms with van der Waals surface area (Å²) in [6.07, 6.45) is -2.94. The molecule has 1 saturated heterocycles. The van der Waals surface area contributed by atoms with Gasteiger partial charge in [0, 0.05) is 26.2 Å². The molecule has 4 nitrogen and oxygen atoms in total. The Balaban J connectivity index is 2.17. The maximum Gasteiger partial charge on any atom is 0.415 e. The Hall–Kier alpha value is -1.24. The van der Waals surface area contributed by atoms with Gasteiger partial charge >= 0.3 is 12.1 Å². The molecule has 1 fully saturated rings. The first-order valence-electron chi connectivity index (χ1n) is 4.83. The molecule has 16 heavy (non-hydrogen) atoms. The molecule has 0 radical (unpaired) electrons. The van der Waals surface area contributed by atoms with Crippen molar-refractivity contribution in [3.8, 4) is 0 Å². The van der Waals surface area contributed by atoms with Gasteiger partial charge in [-0.3, -0.25) is 5.01 Å². The SMILES string of the molecule is CN1CC(C(F)(F)F)=CN1C1CCOC1=O. The third-order valence-corrected chi connectivity index (χ3v) is 2.67. The van der Waals surface area contributed by atoms with Gasteiger partial charge in [0.25, 0.3) is 0 Å². The minimum absolute atomic E-state index is 0.229. The van der Waals surface area contributed by atoms with E-state index in [9.17, 15) is 18.0 Å². The number of hydrogen-bond acceptors (Lipinski definition) is 4. The maximum atomic E-state index is 12.5. The zero-order chi connectivity index (χ0) is 11.9. The van der Waals surface area contributed by atoms with E-state index in [4.69, 9.17) is 4.74 Å². The van der Waals surface area contributed by atoms with Gasteiger partial charge in [-0.05, 0) is 0 Å². The fraction of sp³-hybridized carbons (Fsp3) is 0.667. The molecule has 0 aromatic carbocycles. The van der Waals surface area contributed by atoms with E-state index in [0.29, 0.717) is 6.42 Å². The second kappa shape index (κ2) is 3.65. The topological polar surface area (TPSA) is 32.8 Å². The van der Waals surface area contributed by atoms with Gasteiger partial charge in [0.05, 0.1) is 12.2 Å². The van der Waals surface area contributed by atoms with Crippen LogP contribution in [0.25, 0.3) is 0 Å². The summed E-state index contributed by atoms with van der Waals surface area (Å²) >= 11 is 0. The van der Waals surface area contributed by atoms with Crippen molar-refractivity contribution in [2.75, 3.05) is 20.2 Å². The monoisotopic (exact) mass is 236 g/mol. The number of carbonyl (C=O) groups excluding carboxylic acids is 1. The molecule has 0 aromatic heterocycles. The lowest BCUT2D eigenvalue weighted by Crippen LogP contribution is -2.42. The van der Waals surface area contributed by atoms with Crippen LogP contribution >= 0.6 is 0 Å². The number of cyclic esters (lactones) is 1. The van der Waals surface area contributed by atoms with Crippen LogP contribution in [0.3, 0.4) is 0 Å². The lowest BCUT2D eigenvalue weighted by molar-refractivity contribution is -0.144. The Labute approximate surface area is 90.2 Å². The number of ether oxygens (including phenoxy) is 1. The van der Waals surface area contributed by atoms with Gasteiger partial charge in [0.15, 0.2) is 0 Å². The number of likely N-dealkylation sites (N-methyl/N-ethyl adjacent to an activating group) is 1. The molecule has 0 saturated carbocycles. The second-order valence-electron chi connectivity index (χ2n) is 3.82. The number of carbonyl (C=O) groups is 1. The average Bonchev–Trinajstić information content (AvgIpc) is 2.70. The van der Waals surface area contributed by atoms with E-state index in [1.807, 2.05) is 0 Å². The van der Waals surface area contributed by atoms with Crippen molar-refractivity contribution in [2.45, 2.75) is 18.6 Å². The summed E-state index contributed by atoms with van der Waals surface area (Å²) in [6, 6.07) is -0.621. The van der Waals surface area contributed by atoms with Gasteiger partial charge in [-0.25, -0.2) is 9.80 Å². The van der Waals surface area contributed by atoms with Gasteiger partial charge in [-0.2, -0.15) is 13.2 Å². The van der Waals surface area contributed by atoms with Crippen molar-refractivity contribution in [3.05, 3.63) is 11.8 Å². The van der Waals surface area contributed by atoms with Gasteiger partial charge in [0.1, 0.15) is 6.04 Å². The standard InChI is InChI=1S/C9H11F3N2O2/c1-13-4-6(9(10,11)12)5-14(13)7-2-3-16-8(7)15/h5,7H,2-4H2,1H3. The highest BCUT2D eigenvalue weighted by Crippen LogP contribution is 2.32. The molecule has 2 heterocycles. The van der Waals surface area contributed by atoms with Crippen LogP contribution in [0.5, 0.6) is 0 Å². The predicted molar refractivity (Wildman–Crippen MR) is 48.0 cm³/mol. The summed E-state index contributed by atoms with van der Waals surface area (Å²) in [5.41, 5.74) is -0.644. The van der Waals surface area contributed by atoms with Crippen LogP contribution in [0.15, 0.2) is 11.8 Å². The van der Waals surface area contributed by atoms with Crippen molar-refractivity contribution < 1.29 is 22.7 Å². The van der Waals surface area contributed by atoms with E-state index in [0.717, 1.165) is 6.20 Å². The molecule has 0 bridgehead atoms. The summed E-state index contributed by atoms with van der Waals surface area (Å²) < 4.78 is 42.1. The van der Waals surface area contributed by atoms with E-state index in [1.54, 1.807) is 0 Å². The Morgan fingerprint density at radius 1 is 1.50 bits per heavy atom. The average molecular weight is 236 g/mol. The van der Waals surface area contributed by atoms with Gasteiger partial charge in [0.2, 0.25) is 0 Å². The first-order chi connectivity index (χ1) is 7.39. The van der Waals surface area contributed by atoms with Crippen LogP contribution in [0.2, 0.25) is 0 Å². The van der Waals surface area contributed by atoms with Crippen molar-refractivity contribution in [1.29, 1.82) is 0 Å². The number of nitrogens with zero attached hydrogens (tertiary/aromatic N) is 2. The largest absolute Gasteiger partial charge is 0.464 e. The number of hydrogen-bond donors (Lipinski definition) is 0. The van der Waals surface area contributed by atoms with E-state index in [-0.39, 0.29) is 13.2 Å². The molecule has 2 aliphatic heterocycles. The molecule has 0 spiro atoms. The normalized spacial score (nSPS) is 27.2. The van der Waals surface area contributed by atoms with E-state index in [2.05, 4.69) is 0 Å². The van der Waals surface area contributed by atoms with Crippen molar-refractivity contribution in [1.82, 2.24) is 10.0 Å².